The number of hydrogen-bond acceptors (Lipinski definition) is 6. The highest BCUT2D eigenvalue weighted by atomic mass is 19.4. The number of carbonyl (C=O) groups is 1. The van der Waals surface area contributed by atoms with Gasteiger partial charge >= 0.3 is 12.1 Å². The van der Waals surface area contributed by atoms with Crippen molar-refractivity contribution in [2.45, 2.75) is 12.7 Å². The van der Waals surface area contributed by atoms with Gasteiger partial charge in [-0.3, -0.25) is 0 Å². The fourth-order valence-corrected chi connectivity index (χ4v) is 2.87. The van der Waals surface area contributed by atoms with Crippen LogP contribution in [-0.4, -0.2) is 50.3 Å². The van der Waals surface area contributed by atoms with Crippen LogP contribution in [0.4, 0.5) is 24.5 Å². The van der Waals surface area contributed by atoms with E-state index in [0.29, 0.717) is 6.79 Å². The highest BCUT2D eigenvalue weighted by Gasteiger charge is 2.38. The van der Waals surface area contributed by atoms with Crippen molar-refractivity contribution in [3.05, 3.63) is 48.0 Å². The van der Waals surface area contributed by atoms with Crippen molar-refractivity contribution in [3.63, 3.8) is 0 Å². The maximum Gasteiger partial charge on any atom is 0.490 e. The van der Waals surface area contributed by atoms with Crippen LogP contribution in [0.25, 0.3) is 0 Å². The van der Waals surface area contributed by atoms with Crippen molar-refractivity contribution in [2.24, 2.45) is 0 Å². The Labute approximate surface area is 171 Å². The third kappa shape index (κ3) is 5.93. The molecule has 0 radical (unpaired) electrons. The van der Waals surface area contributed by atoms with E-state index < -0.39 is 12.1 Å². The van der Waals surface area contributed by atoms with Crippen molar-refractivity contribution in [3.8, 4) is 11.5 Å². The second-order valence-corrected chi connectivity index (χ2v) is 6.49. The van der Waals surface area contributed by atoms with Crippen LogP contribution in [0.1, 0.15) is 5.56 Å². The van der Waals surface area contributed by atoms with Gasteiger partial charge in [0.1, 0.15) is 0 Å². The first-order valence-electron chi connectivity index (χ1n) is 9.18. The lowest BCUT2D eigenvalue weighted by Crippen LogP contribution is -2.36. The van der Waals surface area contributed by atoms with Crippen LogP contribution in [0.2, 0.25) is 0 Å². The van der Waals surface area contributed by atoms with E-state index in [4.69, 9.17) is 24.1 Å². The molecule has 0 amide bonds. The second kappa shape index (κ2) is 9.57. The molecule has 2 aliphatic rings. The number of nitrogens with one attached hydrogen (secondary N) is 1. The molecule has 162 valence electrons. The number of nitrogens with zero attached hydrogens (tertiary/aromatic N) is 1. The third-order valence-corrected chi connectivity index (χ3v) is 4.42. The van der Waals surface area contributed by atoms with Gasteiger partial charge in [-0.15, -0.1) is 0 Å². The van der Waals surface area contributed by atoms with Crippen LogP contribution in [0.5, 0.6) is 11.5 Å². The zero-order valence-electron chi connectivity index (χ0n) is 15.9. The van der Waals surface area contributed by atoms with E-state index >= 15 is 0 Å². The lowest BCUT2D eigenvalue weighted by molar-refractivity contribution is -0.192. The molecular formula is C20H21F3N2O5. The first kappa shape index (κ1) is 21.6. The first-order valence-corrected chi connectivity index (χ1v) is 9.18. The molecule has 0 saturated carbocycles. The molecule has 1 saturated heterocycles. The smallest absolute Gasteiger partial charge is 0.475 e. The van der Waals surface area contributed by atoms with Gasteiger partial charge in [0, 0.05) is 31.0 Å². The first-order chi connectivity index (χ1) is 14.3. The van der Waals surface area contributed by atoms with Gasteiger partial charge < -0.3 is 29.5 Å². The Morgan fingerprint density at radius 1 is 1.03 bits per heavy atom. The Kier molecular flexibility index (Phi) is 6.88. The van der Waals surface area contributed by atoms with Crippen LogP contribution < -0.4 is 19.7 Å². The average molecular weight is 426 g/mol. The summed E-state index contributed by atoms with van der Waals surface area (Å²) in [6.07, 6.45) is -5.08. The Balaban J connectivity index is 0.000000318. The van der Waals surface area contributed by atoms with E-state index in [-0.39, 0.29) is 0 Å². The SMILES string of the molecule is O=C(O)C(F)(F)F.c1cc2c(cc1CNc1ccc(N3CCOCC3)cc1)OCO2. The molecule has 1 fully saturated rings. The maximum atomic E-state index is 10.6. The van der Waals surface area contributed by atoms with Crippen LogP contribution in [0.3, 0.4) is 0 Å². The molecule has 4 rings (SSSR count). The summed E-state index contributed by atoms with van der Waals surface area (Å²) >= 11 is 0. The Morgan fingerprint density at radius 2 is 1.67 bits per heavy atom. The molecule has 2 heterocycles. The van der Waals surface area contributed by atoms with E-state index in [9.17, 15) is 13.2 Å². The summed E-state index contributed by atoms with van der Waals surface area (Å²) in [7, 11) is 0. The molecule has 2 N–H and O–H groups in total. The van der Waals surface area contributed by atoms with Gasteiger partial charge in [-0.05, 0) is 42.0 Å². The predicted molar refractivity (Wildman–Crippen MR) is 103 cm³/mol. The molecule has 30 heavy (non-hydrogen) atoms. The zero-order valence-corrected chi connectivity index (χ0v) is 15.9. The van der Waals surface area contributed by atoms with Gasteiger partial charge in [0.05, 0.1) is 13.2 Å². The molecular weight excluding hydrogens is 405 g/mol. The number of hydrogen-bond donors (Lipinski definition) is 2. The Bertz CT molecular complexity index is 853. The van der Waals surface area contributed by atoms with Crippen molar-refractivity contribution in [1.82, 2.24) is 0 Å². The fraction of sp³-hybridized carbons (Fsp3) is 0.350. The molecule has 2 aliphatic heterocycles. The number of ether oxygens (including phenoxy) is 3. The van der Waals surface area contributed by atoms with E-state index in [2.05, 4.69) is 40.5 Å². The van der Waals surface area contributed by atoms with Crippen molar-refractivity contribution in [1.29, 1.82) is 0 Å². The molecule has 0 atom stereocenters. The Morgan fingerprint density at radius 3 is 2.30 bits per heavy atom. The van der Waals surface area contributed by atoms with Gasteiger partial charge in [-0.25, -0.2) is 4.79 Å². The summed E-state index contributed by atoms with van der Waals surface area (Å²) in [6, 6.07) is 14.6. The minimum Gasteiger partial charge on any atom is -0.475 e. The van der Waals surface area contributed by atoms with Crippen LogP contribution in [0.15, 0.2) is 42.5 Å². The summed E-state index contributed by atoms with van der Waals surface area (Å²) in [5.74, 6) is -1.11. The molecule has 0 aliphatic carbocycles. The number of anilines is 2. The van der Waals surface area contributed by atoms with Gasteiger partial charge in [-0.1, -0.05) is 6.07 Å². The monoisotopic (exact) mass is 426 g/mol. The van der Waals surface area contributed by atoms with E-state index in [1.54, 1.807) is 0 Å². The summed E-state index contributed by atoms with van der Waals surface area (Å²) in [5, 5.41) is 10.6. The predicted octanol–water partition coefficient (Wildman–Crippen LogP) is 3.50. The number of rotatable bonds is 4. The third-order valence-electron chi connectivity index (χ3n) is 4.42. The van der Waals surface area contributed by atoms with Gasteiger partial charge in [0.2, 0.25) is 6.79 Å². The highest BCUT2D eigenvalue weighted by Crippen LogP contribution is 2.32. The minimum atomic E-state index is -5.08. The average Bonchev–Trinajstić information content (AvgIpc) is 3.21. The maximum absolute atomic E-state index is 10.6. The summed E-state index contributed by atoms with van der Waals surface area (Å²) in [6.45, 7) is 4.62. The lowest BCUT2D eigenvalue weighted by atomic mass is 10.2. The number of fused-ring (bicyclic) bond motifs is 1. The highest BCUT2D eigenvalue weighted by molar-refractivity contribution is 5.73. The molecule has 2 aromatic carbocycles. The van der Waals surface area contributed by atoms with Crippen molar-refractivity contribution in [2.75, 3.05) is 43.3 Å². The molecule has 10 heteroatoms. The van der Waals surface area contributed by atoms with Gasteiger partial charge in [0.25, 0.3) is 0 Å². The fourth-order valence-electron chi connectivity index (χ4n) is 2.87. The zero-order chi connectivity index (χ0) is 21.6. The van der Waals surface area contributed by atoms with Crippen LogP contribution in [-0.2, 0) is 16.1 Å². The number of alkyl halides is 3. The van der Waals surface area contributed by atoms with E-state index in [1.807, 2.05) is 12.1 Å². The molecule has 0 aromatic heterocycles. The van der Waals surface area contributed by atoms with Crippen molar-refractivity contribution < 1.29 is 37.3 Å². The largest absolute Gasteiger partial charge is 0.490 e. The van der Waals surface area contributed by atoms with E-state index in [1.165, 1.54) is 11.3 Å². The van der Waals surface area contributed by atoms with E-state index in [0.717, 1.165) is 50.0 Å². The Hall–Kier alpha value is -3.14. The summed E-state index contributed by atoms with van der Waals surface area (Å²) in [5.41, 5.74) is 3.54. The number of carboxylic acids is 1. The molecule has 2 aromatic rings. The number of aliphatic carboxylic acids is 1. The van der Waals surface area contributed by atoms with Crippen LogP contribution >= 0.6 is 0 Å². The summed E-state index contributed by atoms with van der Waals surface area (Å²) in [4.78, 5) is 11.2. The molecule has 0 bridgehead atoms. The quantitative estimate of drug-likeness (QED) is 0.775. The summed E-state index contributed by atoms with van der Waals surface area (Å²) < 4.78 is 47.9. The second-order valence-electron chi connectivity index (χ2n) is 6.49. The molecule has 7 nitrogen and oxygen atoms in total. The normalized spacial score (nSPS) is 15.2. The molecule has 0 spiro atoms. The van der Waals surface area contributed by atoms with Gasteiger partial charge in [0.15, 0.2) is 11.5 Å². The molecule has 0 unspecified atom stereocenters. The topological polar surface area (TPSA) is 80.3 Å². The number of morpholine rings is 1. The number of halogens is 3. The minimum absolute atomic E-state index is 0.315. The van der Waals surface area contributed by atoms with Crippen molar-refractivity contribution >= 4 is 17.3 Å². The van der Waals surface area contributed by atoms with Crippen LogP contribution in [0, 0.1) is 0 Å². The number of benzene rings is 2. The number of carboxylic acid groups (broad SMARTS) is 1. The standard InChI is InChI=1S/C18H20N2O3.C2HF3O2/c1-6-17-18(23-13-22-17)11-14(1)12-19-15-2-4-16(5-3-15)20-7-9-21-10-8-20;3-2(4,5)1(6)7/h1-6,11,19H,7-10,12-13H2;(H,6,7). The lowest BCUT2D eigenvalue weighted by Gasteiger charge is -2.28. The van der Waals surface area contributed by atoms with Gasteiger partial charge in [-0.2, -0.15) is 13.2 Å².